The van der Waals surface area contributed by atoms with Gasteiger partial charge in [0.25, 0.3) is 0 Å². The van der Waals surface area contributed by atoms with Crippen molar-refractivity contribution in [3.63, 3.8) is 0 Å². The van der Waals surface area contributed by atoms with Gasteiger partial charge in [0.2, 0.25) is 0 Å². The minimum Gasteiger partial charge on any atom is -0.0622 e. The standard InChI is InChI=1S/C9H17/c1-3-4-5-6-9-7-8(9)2/h8-9H,1,3-7H2,2H3. The van der Waals surface area contributed by atoms with E-state index in [1.807, 2.05) is 0 Å². The van der Waals surface area contributed by atoms with E-state index in [9.17, 15) is 0 Å². The van der Waals surface area contributed by atoms with E-state index >= 15 is 0 Å². The lowest BCUT2D eigenvalue weighted by Crippen LogP contribution is -1.79. The van der Waals surface area contributed by atoms with Crippen LogP contribution in [0.25, 0.3) is 0 Å². The van der Waals surface area contributed by atoms with Crippen LogP contribution in [-0.2, 0) is 0 Å². The number of unbranched alkanes of at least 4 members (excludes halogenated alkanes) is 2. The van der Waals surface area contributed by atoms with Crippen molar-refractivity contribution in [2.75, 3.05) is 0 Å². The maximum atomic E-state index is 3.82. The fraction of sp³-hybridized carbons (Fsp3) is 0.889. The predicted octanol–water partition coefficient (Wildman–Crippen LogP) is 3.04. The molecule has 9 heavy (non-hydrogen) atoms. The van der Waals surface area contributed by atoms with Crippen molar-refractivity contribution in [1.82, 2.24) is 0 Å². The Balaban J connectivity index is 1.83. The minimum absolute atomic E-state index is 1.05. The van der Waals surface area contributed by atoms with E-state index in [1.54, 1.807) is 0 Å². The summed E-state index contributed by atoms with van der Waals surface area (Å²) in [6.07, 6.45) is 6.84. The van der Waals surface area contributed by atoms with Crippen LogP contribution in [0.1, 0.15) is 39.0 Å². The van der Waals surface area contributed by atoms with Crippen LogP contribution in [0.4, 0.5) is 0 Å². The van der Waals surface area contributed by atoms with Crippen LogP contribution in [0, 0.1) is 18.8 Å². The third kappa shape index (κ3) is 2.38. The molecule has 0 aromatic carbocycles. The first kappa shape index (κ1) is 7.11. The van der Waals surface area contributed by atoms with E-state index in [0.717, 1.165) is 18.3 Å². The van der Waals surface area contributed by atoms with Gasteiger partial charge < -0.3 is 0 Å². The minimum atomic E-state index is 1.05. The molecule has 0 aliphatic heterocycles. The summed E-state index contributed by atoms with van der Waals surface area (Å²) in [7, 11) is 0. The summed E-state index contributed by atoms with van der Waals surface area (Å²) in [5.74, 6) is 2.14. The molecular weight excluding hydrogens is 108 g/mol. The smallest absolute Gasteiger partial charge is 0.0386 e. The highest BCUT2D eigenvalue weighted by Gasteiger charge is 2.30. The Kier molecular flexibility index (Phi) is 2.56. The predicted molar refractivity (Wildman–Crippen MR) is 41.1 cm³/mol. The lowest BCUT2D eigenvalue weighted by atomic mass is 10.1. The van der Waals surface area contributed by atoms with Gasteiger partial charge in [-0.3, -0.25) is 0 Å². The fourth-order valence-corrected chi connectivity index (χ4v) is 1.38. The molecule has 1 rings (SSSR count). The van der Waals surface area contributed by atoms with Crippen LogP contribution in [0.3, 0.4) is 0 Å². The Morgan fingerprint density at radius 2 is 2.11 bits per heavy atom. The van der Waals surface area contributed by atoms with Gasteiger partial charge in [0.15, 0.2) is 0 Å². The molecule has 1 saturated carbocycles. The first-order chi connectivity index (χ1) is 4.34. The Hall–Kier alpha value is 0. The van der Waals surface area contributed by atoms with Crippen LogP contribution in [-0.4, -0.2) is 0 Å². The first-order valence-electron chi connectivity index (χ1n) is 4.14. The maximum Gasteiger partial charge on any atom is -0.0386 e. The van der Waals surface area contributed by atoms with Crippen LogP contribution in [0.15, 0.2) is 0 Å². The van der Waals surface area contributed by atoms with Gasteiger partial charge in [0.1, 0.15) is 0 Å². The molecule has 0 heterocycles. The summed E-state index contributed by atoms with van der Waals surface area (Å²) in [4.78, 5) is 0. The Morgan fingerprint density at radius 1 is 1.44 bits per heavy atom. The monoisotopic (exact) mass is 125 g/mol. The van der Waals surface area contributed by atoms with Crippen LogP contribution in [0.2, 0.25) is 0 Å². The number of hydrogen-bond acceptors (Lipinski definition) is 0. The van der Waals surface area contributed by atoms with Gasteiger partial charge in [-0.15, -0.1) is 0 Å². The molecule has 1 fully saturated rings. The largest absolute Gasteiger partial charge is 0.0622 e. The van der Waals surface area contributed by atoms with Gasteiger partial charge in [-0.25, -0.2) is 0 Å². The summed E-state index contributed by atoms with van der Waals surface area (Å²) in [6, 6.07) is 0. The Labute approximate surface area is 58.7 Å². The molecule has 0 bridgehead atoms. The zero-order valence-electron chi connectivity index (χ0n) is 6.40. The van der Waals surface area contributed by atoms with Crippen molar-refractivity contribution >= 4 is 0 Å². The molecule has 1 aliphatic rings. The molecule has 1 radical (unpaired) electrons. The first-order valence-corrected chi connectivity index (χ1v) is 4.14. The number of rotatable bonds is 4. The van der Waals surface area contributed by atoms with E-state index in [2.05, 4.69) is 13.8 Å². The van der Waals surface area contributed by atoms with Crippen LogP contribution in [0.5, 0.6) is 0 Å². The summed E-state index contributed by atoms with van der Waals surface area (Å²) in [5.41, 5.74) is 0. The van der Waals surface area contributed by atoms with Crippen molar-refractivity contribution in [3.05, 3.63) is 6.92 Å². The third-order valence-electron chi connectivity index (χ3n) is 2.35. The topological polar surface area (TPSA) is 0 Å². The molecule has 53 valence electrons. The highest BCUT2D eigenvalue weighted by atomic mass is 14.4. The Bertz CT molecular complexity index is 76.1. The van der Waals surface area contributed by atoms with Gasteiger partial charge in [-0.1, -0.05) is 39.5 Å². The molecule has 0 spiro atoms. The molecule has 2 unspecified atom stereocenters. The third-order valence-corrected chi connectivity index (χ3v) is 2.35. The second kappa shape index (κ2) is 3.24. The average Bonchev–Trinajstić information content (AvgIpc) is 2.48. The Morgan fingerprint density at radius 3 is 2.56 bits per heavy atom. The second-order valence-electron chi connectivity index (χ2n) is 3.32. The molecule has 0 aromatic rings. The molecule has 2 atom stereocenters. The molecule has 0 N–H and O–H groups in total. The normalized spacial score (nSPS) is 32.7. The highest BCUT2D eigenvalue weighted by Crippen LogP contribution is 2.41. The molecule has 0 amide bonds. The van der Waals surface area contributed by atoms with E-state index in [0.29, 0.717) is 0 Å². The van der Waals surface area contributed by atoms with Crippen molar-refractivity contribution in [2.24, 2.45) is 11.8 Å². The molecule has 0 saturated heterocycles. The summed E-state index contributed by atoms with van der Waals surface area (Å²) in [6.45, 7) is 6.18. The molecule has 0 heteroatoms. The van der Waals surface area contributed by atoms with Gasteiger partial charge in [0.05, 0.1) is 0 Å². The quantitative estimate of drug-likeness (QED) is 0.507. The van der Waals surface area contributed by atoms with Gasteiger partial charge in [-0.2, -0.15) is 0 Å². The van der Waals surface area contributed by atoms with Gasteiger partial charge >= 0.3 is 0 Å². The van der Waals surface area contributed by atoms with E-state index in [1.165, 1.54) is 25.7 Å². The lowest BCUT2D eigenvalue weighted by Gasteiger charge is -1.94. The molecule has 0 nitrogen and oxygen atoms in total. The van der Waals surface area contributed by atoms with E-state index < -0.39 is 0 Å². The molecule has 1 aliphatic carbocycles. The summed E-state index contributed by atoms with van der Waals surface area (Å²) >= 11 is 0. The SMILES string of the molecule is [CH2]CCCCC1CC1C. The second-order valence-corrected chi connectivity index (χ2v) is 3.32. The zero-order chi connectivity index (χ0) is 6.69. The zero-order valence-corrected chi connectivity index (χ0v) is 6.40. The van der Waals surface area contributed by atoms with Gasteiger partial charge in [0, 0.05) is 0 Å². The molecule has 0 aromatic heterocycles. The van der Waals surface area contributed by atoms with Crippen LogP contribution < -0.4 is 0 Å². The molecular formula is C9H17. The lowest BCUT2D eigenvalue weighted by molar-refractivity contribution is 0.604. The average molecular weight is 125 g/mol. The van der Waals surface area contributed by atoms with Crippen molar-refractivity contribution in [3.8, 4) is 0 Å². The van der Waals surface area contributed by atoms with E-state index in [-0.39, 0.29) is 0 Å². The van der Waals surface area contributed by atoms with Crippen molar-refractivity contribution < 1.29 is 0 Å². The number of hydrogen-bond donors (Lipinski definition) is 0. The van der Waals surface area contributed by atoms with E-state index in [4.69, 9.17) is 0 Å². The van der Waals surface area contributed by atoms with Crippen LogP contribution >= 0.6 is 0 Å². The van der Waals surface area contributed by atoms with Gasteiger partial charge in [-0.05, 0) is 18.3 Å². The fourth-order valence-electron chi connectivity index (χ4n) is 1.38. The maximum absolute atomic E-state index is 3.82. The summed E-state index contributed by atoms with van der Waals surface area (Å²) in [5, 5.41) is 0. The highest BCUT2D eigenvalue weighted by molar-refractivity contribution is 4.81. The van der Waals surface area contributed by atoms with Crippen molar-refractivity contribution in [2.45, 2.75) is 39.0 Å². The van der Waals surface area contributed by atoms with Crippen molar-refractivity contribution in [1.29, 1.82) is 0 Å². The summed E-state index contributed by atoms with van der Waals surface area (Å²) < 4.78 is 0.